The minimum atomic E-state index is 0.581. The number of methoxy groups -OCH3 is 2. The Labute approximate surface area is 111 Å². The fourth-order valence-corrected chi connectivity index (χ4v) is 1.98. The lowest BCUT2D eigenvalue weighted by Gasteiger charge is -2.11. The molecule has 0 aliphatic heterocycles. The third-order valence-corrected chi connectivity index (χ3v) is 2.94. The molecule has 0 saturated carbocycles. The highest BCUT2D eigenvalue weighted by Gasteiger charge is 2.08. The van der Waals surface area contributed by atoms with E-state index in [1.165, 1.54) is 0 Å². The molecule has 0 atom stereocenters. The number of hydrogen-bond acceptors (Lipinski definition) is 3. The molecule has 0 spiro atoms. The molecule has 0 aliphatic carbocycles. The van der Waals surface area contributed by atoms with Crippen molar-refractivity contribution in [3.63, 3.8) is 0 Å². The molecule has 94 valence electrons. The van der Waals surface area contributed by atoms with Crippen molar-refractivity contribution in [2.75, 3.05) is 20.0 Å². The highest BCUT2D eigenvalue weighted by atomic mass is 35.5. The van der Waals surface area contributed by atoms with E-state index in [9.17, 15) is 0 Å². The monoisotopic (exact) mass is 263 g/mol. The molecule has 3 nitrogen and oxygen atoms in total. The van der Waals surface area contributed by atoms with Crippen LogP contribution in [0.25, 0.3) is 11.1 Å². The van der Waals surface area contributed by atoms with Crippen molar-refractivity contribution >= 4 is 17.3 Å². The number of nitrogens with two attached hydrogens (primary N) is 1. The zero-order valence-corrected chi connectivity index (χ0v) is 11.0. The predicted molar refractivity (Wildman–Crippen MR) is 74.4 cm³/mol. The van der Waals surface area contributed by atoms with Gasteiger partial charge in [-0.1, -0.05) is 17.7 Å². The molecule has 0 aromatic heterocycles. The highest BCUT2D eigenvalue weighted by Crippen LogP contribution is 2.35. The van der Waals surface area contributed by atoms with Crippen molar-refractivity contribution in [2.24, 2.45) is 0 Å². The zero-order chi connectivity index (χ0) is 13.1. The quantitative estimate of drug-likeness (QED) is 0.861. The summed E-state index contributed by atoms with van der Waals surface area (Å²) < 4.78 is 10.5. The fraction of sp³-hybridized carbons (Fsp3) is 0.143. The molecule has 2 aromatic rings. The molecule has 2 aromatic carbocycles. The first-order chi connectivity index (χ1) is 8.65. The SMILES string of the molecule is COc1ccc(-c2cc(Cl)ccc2OC)cc1N. The average molecular weight is 264 g/mol. The Bertz CT molecular complexity index is 570. The van der Waals surface area contributed by atoms with Gasteiger partial charge in [0.05, 0.1) is 19.9 Å². The van der Waals surface area contributed by atoms with E-state index in [-0.39, 0.29) is 0 Å². The van der Waals surface area contributed by atoms with E-state index in [4.69, 9.17) is 26.8 Å². The Hall–Kier alpha value is -1.87. The van der Waals surface area contributed by atoms with Crippen LogP contribution in [-0.2, 0) is 0 Å². The van der Waals surface area contributed by atoms with Crippen LogP contribution in [0.4, 0.5) is 5.69 Å². The smallest absolute Gasteiger partial charge is 0.141 e. The summed E-state index contributed by atoms with van der Waals surface area (Å²) in [5, 5.41) is 0.653. The summed E-state index contributed by atoms with van der Waals surface area (Å²) in [6, 6.07) is 11.1. The van der Waals surface area contributed by atoms with Gasteiger partial charge >= 0.3 is 0 Å². The van der Waals surface area contributed by atoms with Gasteiger partial charge in [-0.25, -0.2) is 0 Å². The average Bonchev–Trinajstić information content (AvgIpc) is 2.38. The molecule has 0 saturated heterocycles. The van der Waals surface area contributed by atoms with Gasteiger partial charge in [-0.3, -0.25) is 0 Å². The first-order valence-corrected chi connectivity index (χ1v) is 5.81. The van der Waals surface area contributed by atoms with E-state index in [1.54, 1.807) is 20.3 Å². The van der Waals surface area contributed by atoms with Crippen LogP contribution >= 0.6 is 11.6 Å². The van der Waals surface area contributed by atoms with Crippen LogP contribution in [-0.4, -0.2) is 14.2 Å². The molecule has 0 radical (unpaired) electrons. The molecule has 0 unspecified atom stereocenters. The van der Waals surface area contributed by atoms with Crippen molar-refractivity contribution in [2.45, 2.75) is 0 Å². The van der Waals surface area contributed by atoms with Gasteiger partial charge in [0.1, 0.15) is 11.5 Å². The van der Waals surface area contributed by atoms with Crippen LogP contribution in [0.1, 0.15) is 0 Å². The lowest BCUT2D eigenvalue weighted by atomic mass is 10.0. The predicted octanol–water partition coefficient (Wildman–Crippen LogP) is 3.61. The molecule has 4 heteroatoms. The maximum atomic E-state index is 6.01. The summed E-state index contributed by atoms with van der Waals surface area (Å²) in [4.78, 5) is 0. The van der Waals surface area contributed by atoms with Crippen molar-refractivity contribution < 1.29 is 9.47 Å². The molecule has 2 N–H and O–H groups in total. The van der Waals surface area contributed by atoms with Gasteiger partial charge in [0, 0.05) is 10.6 Å². The fourth-order valence-electron chi connectivity index (χ4n) is 1.81. The molecular formula is C14H14ClNO2. The normalized spacial score (nSPS) is 10.2. The number of nitrogen functional groups attached to an aromatic ring is 1. The summed E-state index contributed by atoms with van der Waals surface area (Å²) in [7, 11) is 3.21. The Morgan fingerprint density at radius 1 is 0.944 bits per heavy atom. The van der Waals surface area contributed by atoms with Crippen LogP contribution in [0.3, 0.4) is 0 Å². The van der Waals surface area contributed by atoms with E-state index >= 15 is 0 Å². The van der Waals surface area contributed by atoms with Crippen LogP contribution in [0, 0.1) is 0 Å². The van der Waals surface area contributed by atoms with Crippen molar-refractivity contribution in [1.82, 2.24) is 0 Å². The topological polar surface area (TPSA) is 44.5 Å². The summed E-state index contributed by atoms with van der Waals surface area (Å²) in [6.45, 7) is 0. The van der Waals surface area contributed by atoms with Crippen LogP contribution in [0.15, 0.2) is 36.4 Å². The number of ether oxygens (including phenoxy) is 2. The highest BCUT2D eigenvalue weighted by molar-refractivity contribution is 6.31. The van der Waals surface area contributed by atoms with Gasteiger partial charge in [-0.05, 0) is 35.9 Å². The summed E-state index contributed by atoms with van der Waals surface area (Å²) >= 11 is 6.01. The van der Waals surface area contributed by atoms with E-state index in [0.717, 1.165) is 16.9 Å². The summed E-state index contributed by atoms with van der Waals surface area (Å²) in [5.74, 6) is 1.41. The maximum Gasteiger partial charge on any atom is 0.141 e. The zero-order valence-electron chi connectivity index (χ0n) is 10.2. The van der Waals surface area contributed by atoms with Gasteiger partial charge in [0.2, 0.25) is 0 Å². The minimum absolute atomic E-state index is 0.581. The van der Waals surface area contributed by atoms with E-state index < -0.39 is 0 Å². The van der Waals surface area contributed by atoms with E-state index in [1.807, 2.05) is 30.3 Å². The van der Waals surface area contributed by atoms with Gasteiger partial charge in [0.15, 0.2) is 0 Å². The molecule has 0 fully saturated rings. The molecule has 0 bridgehead atoms. The molecule has 18 heavy (non-hydrogen) atoms. The molecule has 0 amide bonds. The third-order valence-electron chi connectivity index (χ3n) is 2.70. The Morgan fingerprint density at radius 2 is 1.61 bits per heavy atom. The first-order valence-electron chi connectivity index (χ1n) is 5.43. The van der Waals surface area contributed by atoms with Gasteiger partial charge in [-0.15, -0.1) is 0 Å². The van der Waals surface area contributed by atoms with Crippen LogP contribution in [0.5, 0.6) is 11.5 Å². The third kappa shape index (κ3) is 2.36. The van der Waals surface area contributed by atoms with Crippen LogP contribution in [0.2, 0.25) is 5.02 Å². The molecular weight excluding hydrogens is 250 g/mol. The lowest BCUT2D eigenvalue weighted by molar-refractivity contribution is 0.415. The first kappa shape index (κ1) is 12.6. The summed E-state index contributed by atoms with van der Waals surface area (Å²) in [5.41, 5.74) is 8.32. The second-order valence-corrected chi connectivity index (χ2v) is 4.24. The minimum Gasteiger partial charge on any atom is -0.496 e. The van der Waals surface area contributed by atoms with E-state index in [2.05, 4.69) is 0 Å². The van der Waals surface area contributed by atoms with Crippen molar-refractivity contribution in [3.05, 3.63) is 41.4 Å². The van der Waals surface area contributed by atoms with Gasteiger partial charge < -0.3 is 15.2 Å². The molecule has 0 aliphatic rings. The Kier molecular flexibility index (Phi) is 3.63. The molecule has 2 rings (SSSR count). The van der Waals surface area contributed by atoms with Gasteiger partial charge in [0.25, 0.3) is 0 Å². The number of anilines is 1. The number of benzene rings is 2. The second kappa shape index (κ2) is 5.19. The number of hydrogen-bond donors (Lipinski definition) is 1. The van der Waals surface area contributed by atoms with Gasteiger partial charge in [-0.2, -0.15) is 0 Å². The second-order valence-electron chi connectivity index (χ2n) is 3.80. The Morgan fingerprint density at radius 3 is 2.22 bits per heavy atom. The largest absolute Gasteiger partial charge is 0.496 e. The molecule has 0 heterocycles. The van der Waals surface area contributed by atoms with Crippen molar-refractivity contribution in [3.8, 4) is 22.6 Å². The lowest BCUT2D eigenvalue weighted by Crippen LogP contribution is -1.93. The maximum absolute atomic E-state index is 6.01. The summed E-state index contributed by atoms with van der Waals surface area (Å²) in [6.07, 6.45) is 0. The standard InChI is InChI=1S/C14H14ClNO2/c1-17-13-6-4-10(15)8-11(13)9-3-5-14(18-2)12(16)7-9/h3-8H,16H2,1-2H3. The number of rotatable bonds is 3. The van der Waals surface area contributed by atoms with Crippen LogP contribution < -0.4 is 15.2 Å². The van der Waals surface area contributed by atoms with Crippen molar-refractivity contribution in [1.29, 1.82) is 0 Å². The Balaban J connectivity index is 2.54. The van der Waals surface area contributed by atoms with E-state index in [0.29, 0.717) is 16.5 Å². The number of halogens is 1.